The Morgan fingerprint density at radius 3 is 1.89 bits per heavy atom. The molecule has 3 unspecified atom stereocenters. The van der Waals surface area contributed by atoms with Crippen LogP contribution in [0, 0.1) is 5.92 Å². The number of aliphatic imine (C=N–C) groups is 1. The molecule has 0 fully saturated rings. The van der Waals surface area contributed by atoms with E-state index in [1.54, 1.807) is 0 Å². The van der Waals surface area contributed by atoms with Gasteiger partial charge in [0.2, 0.25) is 0 Å². The van der Waals surface area contributed by atoms with Crippen molar-refractivity contribution in [3.8, 4) is 22.5 Å². The van der Waals surface area contributed by atoms with Gasteiger partial charge in [-0.2, -0.15) is 0 Å². The summed E-state index contributed by atoms with van der Waals surface area (Å²) in [6.45, 7) is 2.32. The maximum Gasteiger partial charge on any atom is 0.135 e. The number of nitrogens with one attached hydrogen (secondary N) is 1. The van der Waals surface area contributed by atoms with Crippen LogP contribution in [0.2, 0.25) is 0 Å². The van der Waals surface area contributed by atoms with E-state index in [1.807, 2.05) is 12.1 Å². The fourth-order valence-electron chi connectivity index (χ4n) is 10.9. The van der Waals surface area contributed by atoms with Gasteiger partial charge in [0.15, 0.2) is 0 Å². The molecule has 0 saturated heterocycles. The number of benzene rings is 9. The second-order valence-corrected chi connectivity index (χ2v) is 17.4. The summed E-state index contributed by atoms with van der Waals surface area (Å²) in [6, 6.07) is 76.8. The van der Waals surface area contributed by atoms with Crippen molar-refractivity contribution in [1.82, 2.24) is 14.5 Å². The molecule has 5 heteroatoms. The molecular formula is C60H44N4O. The lowest BCUT2D eigenvalue weighted by molar-refractivity contribution is 0.312. The highest BCUT2D eigenvalue weighted by Crippen LogP contribution is 2.47. The fourth-order valence-corrected chi connectivity index (χ4v) is 10.9. The van der Waals surface area contributed by atoms with E-state index < -0.39 is 0 Å². The molecule has 1 aliphatic heterocycles. The highest BCUT2D eigenvalue weighted by molar-refractivity contribution is 6.15. The molecule has 65 heavy (non-hydrogen) atoms. The normalized spacial score (nSPS) is 16.5. The van der Waals surface area contributed by atoms with Crippen molar-refractivity contribution in [2.75, 3.05) is 0 Å². The van der Waals surface area contributed by atoms with E-state index in [2.05, 4.69) is 222 Å². The van der Waals surface area contributed by atoms with Crippen molar-refractivity contribution in [2.24, 2.45) is 10.9 Å². The molecule has 4 heterocycles. The Morgan fingerprint density at radius 1 is 0.462 bits per heavy atom. The highest BCUT2D eigenvalue weighted by atomic mass is 16.3. The summed E-state index contributed by atoms with van der Waals surface area (Å²) in [5.41, 5.74) is 14.7. The van der Waals surface area contributed by atoms with Crippen LogP contribution in [0.3, 0.4) is 0 Å². The molecular weight excluding hydrogens is 793 g/mol. The van der Waals surface area contributed by atoms with E-state index >= 15 is 0 Å². The van der Waals surface area contributed by atoms with E-state index in [9.17, 15) is 0 Å². The van der Waals surface area contributed by atoms with Crippen molar-refractivity contribution in [2.45, 2.75) is 25.4 Å². The Bertz CT molecular complexity index is 3800. The quantitative estimate of drug-likeness (QED) is 0.174. The zero-order valence-corrected chi connectivity index (χ0v) is 35.9. The smallest absolute Gasteiger partial charge is 0.135 e. The van der Waals surface area contributed by atoms with Gasteiger partial charge in [0.05, 0.1) is 34.2 Å². The molecule has 0 saturated carbocycles. The van der Waals surface area contributed by atoms with Crippen molar-refractivity contribution in [1.29, 1.82) is 0 Å². The first-order valence-corrected chi connectivity index (χ1v) is 22.7. The summed E-state index contributed by atoms with van der Waals surface area (Å²) in [5, 5.41) is 11.2. The molecule has 3 atom stereocenters. The van der Waals surface area contributed by atoms with Crippen molar-refractivity contribution in [3.63, 3.8) is 0 Å². The Labute approximate surface area is 376 Å². The standard InChI is InChI=1S/C60H44N4O/c1-2-44-58(38-17-6-3-7-18-38)61-60(39-19-8-4-9-20-39)62-59(44)47-25-16-27-54-57(47)50-36-40(41-30-34-56-49(35-41)46-24-13-15-28-55(46)65-56)29-32-53(50)64(54)43-31-33-52-48(37-43)45-23-12-14-26-51(45)63(52)42-21-10-5-11-22-42/h3-37,44,58-59H,2H2,1H3,(H,61,62). The van der Waals surface area contributed by atoms with E-state index in [4.69, 9.17) is 9.41 Å². The van der Waals surface area contributed by atoms with Crippen LogP contribution in [0.5, 0.6) is 0 Å². The Morgan fingerprint density at radius 2 is 1.08 bits per heavy atom. The number of para-hydroxylation sites is 3. The molecule has 0 bridgehead atoms. The molecule has 3 aromatic heterocycles. The van der Waals surface area contributed by atoms with Crippen molar-refractivity contribution < 1.29 is 4.42 Å². The lowest BCUT2D eigenvalue weighted by Crippen LogP contribution is -2.41. The second kappa shape index (κ2) is 15.0. The molecule has 9 aromatic carbocycles. The van der Waals surface area contributed by atoms with Crippen LogP contribution in [0.15, 0.2) is 222 Å². The summed E-state index contributed by atoms with van der Waals surface area (Å²) in [7, 11) is 0. The molecule has 12 aromatic rings. The molecule has 0 amide bonds. The summed E-state index contributed by atoms with van der Waals surface area (Å²) < 4.78 is 11.1. The monoisotopic (exact) mass is 836 g/mol. The minimum Gasteiger partial charge on any atom is -0.456 e. The van der Waals surface area contributed by atoms with Gasteiger partial charge in [-0.1, -0.05) is 146 Å². The number of amidine groups is 1. The van der Waals surface area contributed by atoms with E-state index in [0.29, 0.717) is 0 Å². The van der Waals surface area contributed by atoms with Crippen LogP contribution >= 0.6 is 0 Å². The number of aromatic nitrogens is 2. The third kappa shape index (κ3) is 5.96. The number of fused-ring (bicyclic) bond motifs is 9. The predicted molar refractivity (Wildman–Crippen MR) is 270 cm³/mol. The summed E-state index contributed by atoms with van der Waals surface area (Å²) in [5.74, 6) is 1.12. The third-order valence-electron chi connectivity index (χ3n) is 13.9. The van der Waals surface area contributed by atoms with Crippen LogP contribution in [0.1, 0.15) is 42.1 Å². The minimum absolute atomic E-state index is 0.0238. The van der Waals surface area contributed by atoms with Crippen LogP contribution in [0.4, 0.5) is 0 Å². The maximum atomic E-state index is 6.27. The molecule has 5 nitrogen and oxygen atoms in total. The molecule has 13 rings (SSSR count). The number of nitrogens with zero attached hydrogens (tertiary/aromatic N) is 3. The lowest BCUT2D eigenvalue weighted by atomic mass is 9.79. The second-order valence-electron chi connectivity index (χ2n) is 17.4. The summed E-state index contributed by atoms with van der Waals surface area (Å²) in [4.78, 5) is 5.51. The van der Waals surface area contributed by atoms with E-state index in [0.717, 1.165) is 67.8 Å². The Hall–Kier alpha value is -8.15. The fraction of sp³-hybridized carbons (Fsp3) is 0.0833. The van der Waals surface area contributed by atoms with Gasteiger partial charge in [0.1, 0.15) is 17.0 Å². The molecule has 1 N–H and O–H groups in total. The van der Waals surface area contributed by atoms with Gasteiger partial charge in [0, 0.05) is 55.2 Å². The zero-order chi connectivity index (χ0) is 43.0. The predicted octanol–water partition coefficient (Wildman–Crippen LogP) is 15.3. The summed E-state index contributed by atoms with van der Waals surface area (Å²) >= 11 is 0. The van der Waals surface area contributed by atoms with Crippen LogP contribution in [-0.2, 0) is 0 Å². The third-order valence-corrected chi connectivity index (χ3v) is 13.9. The first-order valence-electron chi connectivity index (χ1n) is 22.7. The number of furan rings is 1. The van der Waals surface area contributed by atoms with Gasteiger partial charge in [-0.15, -0.1) is 0 Å². The zero-order valence-electron chi connectivity index (χ0n) is 35.9. The van der Waals surface area contributed by atoms with E-state index in [-0.39, 0.29) is 18.0 Å². The number of rotatable bonds is 7. The molecule has 1 aliphatic rings. The van der Waals surface area contributed by atoms with Crippen LogP contribution < -0.4 is 5.32 Å². The highest BCUT2D eigenvalue weighted by Gasteiger charge is 2.37. The average Bonchev–Trinajstić information content (AvgIpc) is 4.03. The van der Waals surface area contributed by atoms with Crippen molar-refractivity contribution >= 4 is 71.4 Å². The molecule has 0 aliphatic carbocycles. The molecule has 0 spiro atoms. The number of hydrogen-bond acceptors (Lipinski definition) is 3. The Balaban J connectivity index is 1.06. The van der Waals surface area contributed by atoms with Gasteiger partial charge in [0.25, 0.3) is 0 Å². The van der Waals surface area contributed by atoms with Crippen LogP contribution in [0.25, 0.3) is 88.1 Å². The van der Waals surface area contributed by atoms with Gasteiger partial charge >= 0.3 is 0 Å². The average molecular weight is 837 g/mol. The van der Waals surface area contributed by atoms with Crippen molar-refractivity contribution in [3.05, 3.63) is 229 Å². The largest absolute Gasteiger partial charge is 0.456 e. The summed E-state index contributed by atoms with van der Waals surface area (Å²) in [6.07, 6.45) is 0.948. The lowest BCUT2D eigenvalue weighted by Gasteiger charge is -2.38. The first kappa shape index (κ1) is 37.4. The van der Waals surface area contributed by atoms with Crippen LogP contribution in [-0.4, -0.2) is 15.0 Å². The topological polar surface area (TPSA) is 47.4 Å². The van der Waals surface area contributed by atoms with Gasteiger partial charge in [-0.25, -0.2) is 0 Å². The Kier molecular flexibility index (Phi) is 8.63. The molecule has 310 valence electrons. The van der Waals surface area contributed by atoms with Gasteiger partial charge in [-0.05, 0) is 101 Å². The maximum absolute atomic E-state index is 6.27. The minimum atomic E-state index is -0.0253. The molecule has 0 radical (unpaired) electrons. The number of hydrogen-bond donors (Lipinski definition) is 1. The van der Waals surface area contributed by atoms with E-state index in [1.165, 1.54) is 49.2 Å². The van der Waals surface area contributed by atoms with Gasteiger partial charge in [-0.3, -0.25) is 4.99 Å². The SMILES string of the molecule is CCC1C(c2ccccc2)N=C(c2ccccc2)NC1c1cccc2c1c1cc(-c3ccc4oc5ccccc5c4c3)ccc1n2-c1ccc2c(c1)c1ccccc1n2-c1ccccc1. The van der Waals surface area contributed by atoms with Gasteiger partial charge < -0.3 is 18.9 Å². The first-order chi connectivity index (χ1) is 32.2.